The number of carbonyl (C=O) groups is 1. The second kappa shape index (κ2) is 10.3. The number of hydrogen-bond acceptors (Lipinski definition) is 7. The highest BCUT2D eigenvalue weighted by atomic mass is 19.4. The van der Waals surface area contributed by atoms with Gasteiger partial charge in [-0.1, -0.05) is 0 Å². The van der Waals surface area contributed by atoms with Crippen molar-refractivity contribution in [2.75, 3.05) is 30.0 Å². The predicted molar refractivity (Wildman–Crippen MR) is 148 cm³/mol. The average Bonchev–Trinajstić information content (AvgIpc) is 3.00. The summed E-state index contributed by atoms with van der Waals surface area (Å²) < 4.78 is 48.3. The maximum absolute atomic E-state index is 14.4. The van der Waals surface area contributed by atoms with Gasteiger partial charge in [-0.25, -0.2) is 20.0 Å². The SMILES string of the molecule is COc1ccc(-c2ccc3ncc4c(c3n2)N(c2ccc(N3CCB(C#N)CC3)c(C(F)(F)F)c2)C(=O)NC4)cn1. The van der Waals surface area contributed by atoms with Crippen molar-refractivity contribution in [1.29, 1.82) is 5.26 Å². The van der Waals surface area contributed by atoms with Crippen LogP contribution in [-0.4, -0.2) is 47.9 Å². The number of pyridine rings is 3. The van der Waals surface area contributed by atoms with E-state index in [0.717, 1.165) is 6.07 Å². The van der Waals surface area contributed by atoms with Crippen molar-refractivity contribution >= 4 is 40.8 Å². The highest BCUT2D eigenvalue weighted by Gasteiger charge is 2.38. The highest BCUT2D eigenvalue weighted by Crippen LogP contribution is 2.43. The summed E-state index contributed by atoms with van der Waals surface area (Å²) >= 11 is 0. The van der Waals surface area contributed by atoms with Crippen LogP contribution in [0.25, 0.3) is 22.3 Å². The minimum Gasteiger partial charge on any atom is -0.481 e. The van der Waals surface area contributed by atoms with Crippen molar-refractivity contribution in [2.45, 2.75) is 25.4 Å². The molecule has 206 valence electrons. The van der Waals surface area contributed by atoms with Gasteiger partial charge in [-0.05, 0) is 49.0 Å². The summed E-state index contributed by atoms with van der Waals surface area (Å²) in [6, 6.07) is 10.4. The lowest BCUT2D eigenvalue weighted by Gasteiger charge is -2.34. The van der Waals surface area contributed by atoms with E-state index >= 15 is 0 Å². The van der Waals surface area contributed by atoms with Crippen LogP contribution in [0.5, 0.6) is 5.88 Å². The summed E-state index contributed by atoms with van der Waals surface area (Å²) in [7, 11) is 1.52. The number of amides is 2. The molecule has 13 heteroatoms. The van der Waals surface area contributed by atoms with Gasteiger partial charge >= 0.3 is 12.2 Å². The molecule has 0 spiro atoms. The first-order valence-electron chi connectivity index (χ1n) is 13.0. The molecule has 0 bridgehead atoms. The summed E-state index contributed by atoms with van der Waals surface area (Å²) in [6.45, 7) is 0.677. The summed E-state index contributed by atoms with van der Waals surface area (Å²) in [6.07, 6.45) is -0.477. The summed E-state index contributed by atoms with van der Waals surface area (Å²) in [5.41, 5.74) is 2.34. The number of alkyl halides is 3. The molecule has 41 heavy (non-hydrogen) atoms. The molecule has 2 aliphatic heterocycles. The molecule has 1 aromatic carbocycles. The Balaban J connectivity index is 1.46. The zero-order valence-electron chi connectivity index (χ0n) is 21.9. The van der Waals surface area contributed by atoms with Crippen LogP contribution in [0.2, 0.25) is 12.6 Å². The molecule has 1 N–H and O–H groups in total. The number of hydrogen-bond donors (Lipinski definition) is 1. The fourth-order valence-corrected chi connectivity index (χ4v) is 5.30. The molecular formula is C28H23BF3N7O2. The van der Waals surface area contributed by atoms with Crippen LogP contribution in [0.3, 0.4) is 0 Å². The quantitative estimate of drug-likeness (QED) is 0.332. The second-order valence-corrected chi connectivity index (χ2v) is 9.87. The predicted octanol–water partition coefficient (Wildman–Crippen LogP) is 5.46. The van der Waals surface area contributed by atoms with Gasteiger partial charge in [0.15, 0.2) is 0 Å². The second-order valence-electron chi connectivity index (χ2n) is 9.87. The molecule has 0 aliphatic carbocycles. The molecule has 6 rings (SSSR count). The Morgan fingerprint density at radius 1 is 1.07 bits per heavy atom. The van der Waals surface area contributed by atoms with Crippen molar-refractivity contribution in [3.63, 3.8) is 0 Å². The topological polar surface area (TPSA) is 107 Å². The number of nitrogens with one attached hydrogen (secondary N) is 1. The average molecular weight is 557 g/mol. The number of aromatic nitrogens is 3. The zero-order valence-corrected chi connectivity index (χ0v) is 21.9. The third-order valence-electron chi connectivity index (χ3n) is 7.42. The third-order valence-corrected chi connectivity index (χ3v) is 7.42. The first-order chi connectivity index (χ1) is 19.8. The molecular weight excluding hydrogens is 534 g/mol. The maximum atomic E-state index is 14.4. The first kappa shape index (κ1) is 26.4. The number of ether oxygens (including phenoxy) is 1. The zero-order chi connectivity index (χ0) is 28.7. The number of benzene rings is 1. The van der Waals surface area contributed by atoms with Gasteiger partial charge in [0.25, 0.3) is 6.71 Å². The number of anilines is 3. The van der Waals surface area contributed by atoms with Crippen LogP contribution in [0.15, 0.2) is 54.9 Å². The third kappa shape index (κ3) is 4.86. The van der Waals surface area contributed by atoms with E-state index in [-0.39, 0.29) is 24.6 Å². The van der Waals surface area contributed by atoms with Gasteiger partial charge < -0.3 is 15.0 Å². The number of methoxy groups -OCH3 is 1. The molecule has 0 unspecified atom stereocenters. The van der Waals surface area contributed by atoms with Gasteiger partial charge in [-0.2, -0.15) is 13.2 Å². The smallest absolute Gasteiger partial charge is 0.418 e. The van der Waals surface area contributed by atoms with E-state index in [4.69, 9.17) is 9.72 Å². The standard InChI is InChI=1S/C28H23BF3N7O2/c1-41-24-7-2-17(13-35-24)21-4-5-22-25(37-21)26-18(14-34-22)15-36-27(40)39(26)19-3-6-23(20(12-19)28(30,31)32)38-10-8-29(16-33)9-11-38/h2-7,12-14H,8-11,15H2,1H3,(H,36,40). The van der Waals surface area contributed by atoms with E-state index in [9.17, 15) is 23.2 Å². The number of urea groups is 1. The van der Waals surface area contributed by atoms with Crippen molar-refractivity contribution in [1.82, 2.24) is 20.3 Å². The van der Waals surface area contributed by atoms with E-state index < -0.39 is 17.8 Å². The Bertz CT molecular complexity index is 1680. The van der Waals surface area contributed by atoms with Gasteiger partial charge in [-0.3, -0.25) is 9.88 Å². The number of carbonyl (C=O) groups excluding carboxylic acids is 1. The Labute approximate surface area is 233 Å². The fourth-order valence-electron chi connectivity index (χ4n) is 5.30. The van der Waals surface area contributed by atoms with Crippen LogP contribution in [0, 0.1) is 11.2 Å². The fraction of sp³-hybridized carbons (Fsp3) is 0.250. The summed E-state index contributed by atoms with van der Waals surface area (Å²) in [4.78, 5) is 29.6. The molecule has 0 radical (unpaired) electrons. The maximum Gasteiger partial charge on any atom is 0.418 e. The lowest BCUT2D eigenvalue weighted by atomic mass is 9.45. The van der Waals surface area contributed by atoms with Gasteiger partial charge in [0.2, 0.25) is 5.88 Å². The molecule has 3 aromatic heterocycles. The van der Waals surface area contributed by atoms with Crippen molar-refractivity contribution < 1.29 is 22.7 Å². The normalized spacial score (nSPS) is 15.4. The number of halogens is 3. The van der Waals surface area contributed by atoms with Crippen LogP contribution in [0.4, 0.5) is 35.0 Å². The van der Waals surface area contributed by atoms with Gasteiger partial charge in [-0.15, -0.1) is 0 Å². The monoisotopic (exact) mass is 557 g/mol. The number of nitriles is 1. The van der Waals surface area contributed by atoms with Crippen LogP contribution >= 0.6 is 0 Å². The highest BCUT2D eigenvalue weighted by molar-refractivity contribution is 6.67. The van der Waals surface area contributed by atoms with E-state index in [0.29, 0.717) is 65.2 Å². The molecule has 0 saturated carbocycles. The minimum absolute atomic E-state index is 0.0299. The molecule has 0 atom stereocenters. The molecule has 2 aliphatic rings. The lowest BCUT2D eigenvalue weighted by molar-refractivity contribution is -0.137. The van der Waals surface area contributed by atoms with Crippen LogP contribution in [0.1, 0.15) is 11.1 Å². The summed E-state index contributed by atoms with van der Waals surface area (Å²) in [5, 5.41) is 11.9. The Hall–Kier alpha value is -4.86. The number of rotatable bonds is 4. The molecule has 4 aromatic rings. The summed E-state index contributed by atoms with van der Waals surface area (Å²) in [5.74, 6) is 2.64. The lowest BCUT2D eigenvalue weighted by Crippen LogP contribution is -2.42. The van der Waals surface area contributed by atoms with E-state index in [1.807, 2.05) is 0 Å². The largest absolute Gasteiger partial charge is 0.481 e. The van der Waals surface area contributed by atoms with Crippen molar-refractivity contribution in [2.24, 2.45) is 0 Å². The molecule has 1 fully saturated rings. The van der Waals surface area contributed by atoms with E-state index in [1.54, 1.807) is 41.6 Å². The van der Waals surface area contributed by atoms with Gasteiger partial charge in [0, 0.05) is 60.9 Å². The van der Waals surface area contributed by atoms with Crippen molar-refractivity contribution in [3.05, 3.63) is 66.0 Å². The van der Waals surface area contributed by atoms with Gasteiger partial charge in [0.1, 0.15) is 5.52 Å². The van der Waals surface area contributed by atoms with E-state index in [2.05, 4.69) is 21.3 Å². The number of nitrogens with zero attached hydrogens (tertiary/aromatic N) is 6. The molecule has 5 heterocycles. The van der Waals surface area contributed by atoms with Crippen LogP contribution < -0.4 is 19.9 Å². The molecule has 1 saturated heterocycles. The number of fused-ring (bicyclic) bond motifs is 3. The van der Waals surface area contributed by atoms with Gasteiger partial charge in [0.05, 0.1) is 35.3 Å². The van der Waals surface area contributed by atoms with Crippen molar-refractivity contribution in [3.8, 4) is 23.1 Å². The first-order valence-corrected chi connectivity index (χ1v) is 13.0. The van der Waals surface area contributed by atoms with E-state index in [1.165, 1.54) is 24.1 Å². The Morgan fingerprint density at radius 3 is 2.56 bits per heavy atom. The minimum atomic E-state index is -4.67. The molecule has 9 nitrogen and oxygen atoms in total. The van der Waals surface area contributed by atoms with Crippen LogP contribution in [-0.2, 0) is 12.7 Å². The molecule has 2 amide bonds. The Morgan fingerprint density at radius 2 is 1.88 bits per heavy atom. The Kier molecular flexibility index (Phi) is 6.61.